The molecule has 1 amide bonds. The minimum absolute atomic E-state index is 0.167. The molecule has 1 atom stereocenters. The van der Waals surface area contributed by atoms with Crippen LogP contribution >= 0.6 is 0 Å². The Hall–Kier alpha value is -1.46. The number of carbonyl (C=O) groups excluding carboxylic acids is 1. The normalized spacial score (nSPS) is 26.1. The van der Waals surface area contributed by atoms with Crippen LogP contribution in [0.15, 0.2) is 24.5 Å². The van der Waals surface area contributed by atoms with Crippen LogP contribution in [0, 0.1) is 5.41 Å². The van der Waals surface area contributed by atoms with Crippen molar-refractivity contribution < 1.29 is 4.79 Å². The predicted molar refractivity (Wildman–Crippen MR) is 95.3 cm³/mol. The Morgan fingerprint density at radius 1 is 1.25 bits per heavy atom. The van der Waals surface area contributed by atoms with Gasteiger partial charge >= 0.3 is 0 Å². The van der Waals surface area contributed by atoms with Crippen LogP contribution in [0.2, 0.25) is 0 Å². The highest BCUT2D eigenvalue weighted by Crippen LogP contribution is 2.39. The first-order valence-electron chi connectivity index (χ1n) is 9.03. The first kappa shape index (κ1) is 17.4. The van der Waals surface area contributed by atoms with Crippen LogP contribution in [0.5, 0.6) is 0 Å². The molecule has 2 fully saturated rings. The number of rotatable bonds is 4. The number of hydrogen-bond donors (Lipinski definition) is 1. The van der Waals surface area contributed by atoms with Crippen molar-refractivity contribution in [2.24, 2.45) is 11.1 Å². The van der Waals surface area contributed by atoms with Crippen molar-refractivity contribution in [3.05, 3.63) is 30.1 Å². The minimum Gasteiger partial charge on any atom is -0.338 e. The van der Waals surface area contributed by atoms with E-state index in [0.717, 1.165) is 38.2 Å². The second kappa shape index (κ2) is 6.81. The summed E-state index contributed by atoms with van der Waals surface area (Å²) in [5.74, 6) is 0.286. The molecule has 0 radical (unpaired) electrons. The fourth-order valence-corrected chi connectivity index (χ4v) is 4.31. The fraction of sp³-hybridized carbons (Fsp3) is 0.684. The molecule has 5 nitrogen and oxygen atoms in total. The largest absolute Gasteiger partial charge is 0.338 e. The van der Waals surface area contributed by atoms with Crippen molar-refractivity contribution in [3.63, 3.8) is 0 Å². The molecule has 0 saturated carbocycles. The number of carbonyl (C=O) groups is 1. The molecule has 3 rings (SSSR count). The maximum Gasteiger partial charge on any atom is 0.222 e. The van der Waals surface area contributed by atoms with Crippen LogP contribution in [-0.4, -0.2) is 52.4 Å². The summed E-state index contributed by atoms with van der Waals surface area (Å²) in [5.41, 5.74) is 7.46. The number of pyridine rings is 1. The monoisotopic (exact) mass is 330 g/mol. The number of amides is 1. The van der Waals surface area contributed by atoms with Crippen LogP contribution in [0.4, 0.5) is 0 Å². The smallest absolute Gasteiger partial charge is 0.222 e. The van der Waals surface area contributed by atoms with Gasteiger partial charge in [-0.3, -0.25) is 9.78 Å². The van der Waals surface area contributed by atoms with Gasteiger partial charge in [0.2, 0.25) is 5.91 Å². The summed E-state index contributed by atoms with van der Waals surface area (Å²) in [4.78, 5) is 21.0. The molecule has 132 valence electrons. The van der Waals surface area contributed by atoms with Crippen LogP contribution in [0.25, 0.3) is 0 Å². The van der Waals surface area contributed by atoms with E-state index in [-0.39, 0.29) is 16.9 Å². The van der Waals surface area contributed by atoms with Crippen LogP contribution < -0.4 is 5.73 Å². The number of nitrogens with zero attached hydrogens (tertiary/aromatic N) is 3. The molecular weight excluding hydrogens is 300 g/mol. The second-order valence-corrected chi connectivity index (χ2v) is 8.41. The summed E-state index contributed by atoms with van der Waals surface area (Å²) >= 11 is 0. The maximum atomic E-state index is 12.4. The lowest BCUT2D eigenvalue weighted by atomic mass is 9.73. The Balaban J connectivity index is 1.68. The third-order valence-electron chi connectivity index (χ3n) is 5.24. The summed E-state index contributed by atoms with van der Waals surface area (Å²) in [6.45, 7) is 8.87. The van der Waals surface area contributed by atoms with Crippen LogP contribution in [0.1, 0.15) is 45.1 Å². The van der Waals surface area contributed by atoms with E-state index in [9.17, 15) is 4.79 Å². The highest BCUT2D eigenvalue weighted by atomic mass is 16.2. The number of nitrogens with two attached hydrogens (primary N) is 1. The number of piperidine rings is 2. The molecule has 1 spiro atoms. The van der Waals surface area contributed by atoms with Crippen molar-refractivity contribution in [1.82, 2.24) is 14.8 Å². The van der Waals surface area contributed by atoms with Crippen molar-refractivity contribution in [3.8, 4) is 0 Å². The topological polar surface area (TPSA) is 62.5 Å². The molecule has 2 aliphatic heterocycles. The molecule has 2 aliphatic rings. The number of likely N-dealkylation sites (tertiary alicyclic amines) is 2. The van der Waals surface area contributed by atoms with Gasteiger partial charge in [-0.2, -0.15) is 0 Å². The van der Waals surface area contributed by atoms with E-state index < -0.39 is 0 Å². The Kier molecular flexibility index (Phi) is 4.92. The molecule has 24 heavy (non-hydrogen) atoms. The van der Waals surface area contributed by atoms with E-state index in [0.29, 0.717) is 13.0 Å². The van der Waals surface area contributed by atoms with Gasteiger partial charge in [-0.15, -0.1) is 0 Å². The van der Waals surface area contributed by atoms with Crippen molar-refractivity contribution in [2.75, 3.05) is 26.2 Å². The Morgan fingerprint density at radius 2 is 2.00 bits per heavy atom. The van der Waals surface area contributed by atoms with Crippen molar-refractivity contribution >= 4 is 5.91 Å². The molecule has 0 aromatic carbocycles. The molecular formula is C19H30N4O. The highest BCUT2D eigenvalue weighted by Gasteiger charge is 2.42. The Labute approximate surface area is 145 Å². The zero-order valence-corrected chi connectivity index (χ0v) is 15.0. The summed E-state index contributed by atoms with van der Waals surface area (Å²) in [7, 11) is 0. The van der Waals surface area contributed by atoms with Gasteiger partial charge in [0.15, 0.2) is 0 Å². The standard InChI is InChI=1S/C19H30N4O/c1-18(2,20)13-22-11-3-7-19(14-22)8-4-17(24)23(15-19)12-16-5-9-21-10-6-16/h5-6,9-10H,3-4,7-8,11-15,20H2,1-2H3. The number of hydrogen-bond acceptors (Lipinski definition) is 4. The molecule has 0 bridgehead atoms. The van der Waals surface area contributed by atoms with Gasteiger partial charge in [0, 0.05) is 55.9 Å². The van der Waals surface area contributed by atoms with Crippen molar-refractivity contribution in [2.45, 2.75) is 51.6 Å². The van der Waals surface area contributed by atoms with Gasteiger partial charge in [-0.1, -0.05) is 0 Å². The molecule has 1 unspecified atom stereocenters. The zero-order chi connectivity index (χ0) is 17.2. The zero-order valence-electron chi connectivity index (χ0n) is 15.0. The van der Waals surface area contributed by atoms with Gasteiger partial charge in [0.25, 0.3) is 0 Å². The average molecular weight is 330 g/mol. The average Bonchev–Trinajstić information content (AvgIpc) is 2.51. The van der Waals surface area contributed by atoms with E-state index >= 15 is 0 Å². The first-order valence-corrected chi connectivity index (χ1v) is 9.03. The van der Waals surface area contributed by atoms with E-state index in [1.165, 1.54) is 12.8 Å². The van der Waals surface area contributed by atoms with E-state index in [4.69, 9.17) is 5.73 Å². The summed E-state index contributed by atoms with van der Waals surface area (Å²) in [6.07, 6.45) is 7.70. The molecule has 3 heterocycles. The van der Waals surface area contributed by atoms with E-state index in [2.05, 4.69) is 28.6 Å². The molecule has 1 aromatic rings. The van der Waals surface area contributed by atoms with Gasteiger partial charge in [-0.25, -0.2) is 0 Å². The van der Waals surface area contributed by atoms with Gasteiger partial charge in [-0.05, 0) is 57.4 Å². The Morgan fingerprint density at radius 3 is 2.71 bits per heavy atom. The van der Waals surface area contributed by atoms with Gasteiger partial charge in [0.1, 0.15) is 0 Å². The molecule has 5 heteroatoms. The third kappa shape index (κ3) is 4.33. The lowest BCUT2D eigenvalue weighted by Crippen LogP contribution is -2.56. The van der Waals surface area contributed by atoms with Crippen LogP contribution in [0.3, 0.4) is 0 Å². The highest BCUT2D eigenvalue weighted by molar-refractivity contribution is 5.77. The molecule has 2 saturated heterocycles. The van der Waals surface area contributed by atoms with Gasteiger partial charge in [0.05, 0.1) is 0 Å². The summed E-state index contributed by atoms with van der Waals surface area (Å²) in [6, 6.07) is 4.00. The van der Waals surface area contributed by atoms with E-state index in [1.807, 2.05) is 12.1 Å². The lowest BCUT2D eigenvalue weighted by Gasteiger charge is -2.49. The molecule has 1 aromatic heterocycles. The van der Waals surface area contributed by atoms with Gasteiger partial charge < -0.3 is 15.5 Å². The summed E-state index contributed by atoms with van der Waals surface area (Å²) < 4.78 is 0. The molecule has 2 N–H and O–H groups in total. The fourth-order valence-electron chi connectivity index (χ4n) is 4.31. The van der Waals surface area contributed by atoms with Crippen LogP contribution in [-0.2, 0) is 11.3 Å². The summed E-state index contributed by atoms with van der Waals surface area (Å²) in [5, 5.41) is 0. The van der Waals surface area contributed by atoms with E-state index in [1.54, 1.807) is 12.4 Å². The molecule has 0 aliphatic carbocycles. The van der Waals surface area contributed by atoms with Crippen molar-refractivity contribution in [1.29, 1.82) is 0 Å². The second-order valence-electron chi connectivity index (χ2n) is 8.41. The first-order chi connectivity index (χ1) is 11.4. The quantitative estimate of drug-likeness (QED) is 0.917. The SMILES string of the molecule is CC(C)(N)CN1CCCC2(CCC(=O)N(Cc3ccncc3)C2)C1. The lowest BCUT2D eigenvalue weighted by molar-refractivity contribution is -0.140. The number of aromatic nitrogens is 1. The maximum absolute atomic E-state index is 12.4. The Bertz CT molecular complexity index is 568. The third-order valence-corrected chi connectivity index (χ3v) is 5.24. The minimum atomic E-state index is -0.167. The predicted octanol–water partition coefficient (Wildman–Crippen LogP) is 2.02.